The molecule has 1 aliphatic heterocycles. The minimum atomic E-state index is -2.67. The van der Waals surface area contributed by atoms with Gasteiger partial charge in [0.25, 0.3) is 11.8 Å². The molecule has 5 nitrogen and oxygen atoms in total. The summed E-state index contributed by atoms with van der Waals surface area (Å²) in [6.45, 7) is 0.109. The Morgan fingerprint density at radius 1 is 1.20 bits per heavy atom. The lowest BCUT2D eigenvalue weighted by Crippen LogP contribution is -2.42. The van der Waals surface area contributed by atoms with Crippen LogP contribution in [0.5, 0.6) is 0 Å². The summed E-state index contributed by atoms with van der Waals surface area (Å²) in [5, 5.41) is 0. The van der Waals surface area contributed by atoms with E-state index in [1.54, 1.807) is 24.4 Å². The van der Waals surface area contributed by atoms with Crippen molar-refractivity contribution in [2.75, 3.05) is 18.8 Å². The molecule has 1 fully saturated rings. The zero-order chi connectivity index (χ0) is 17.9. The van der Waals surface area contributed by atoms with Crippen LogP contribution >= 0.6 is 0 Å². The lowest BCUT2D eigenvalue weighted by atomic mass is 10.1. The van der Waals surface area contributed by atoms with Gasteiger partial charge < -0.3 is 10.6 Å². The fraction of sp³-hybridized carbons (Fsp3) is 0.278. The van der Waals surface area contributed by atoms with Crippen molar-refractivity contribution in [2.45, 2.75) is 18.8 Å². The molecule has 130 valence electrons. The molecule has 0 unspecified atom stereocenters. The SMILES string of the molecule is Nc1ccccc1C=Nc1ccc(C(=O)N2CCC(F)(F)CC2)cn1. The van der Waals surface area contributed by atoms with E-state index in [2.05, 4.69) is 9.98 Å². The van der Waals surface area contributed by atoms with Crippen molar-refractivity contribution >= 4 is 23.6 Å². The first-order valence-corrected chi connectivity index (χ1v) is 7.96. The number of amides is 1. The van der Waals surface area contributed by atoms with Crippen LogP contribution in [0.15, 0.2) is 47.6 Å². The number of hydrogen-bond acceptors (Lipinski definition) is 4. The maximum atomic E-state index is 13.2. The van der Waals surface area contributed by atoms with Gasteiger partial charge in [-0.15, -0.1) is 0 Å². The number of carbonyl (C=O) groups excluding carboxylic acids is 1. The van der Waals surface area contributed by atoms with Gasteiger partial charge in [0.2, 0.25) is 0 Å². The van der Waals surface area contributed by atoms with Crippen LogP contribution in [0.4, 0.5) is 20.3 Å². The number of hydrogen-bond donors (Lipinski definition) is 1. The molecule has 1 aliphatic rings. The van der Waals surface area contributed by atoms with Crippen LogP contribution in [-0.2, 0) is 0 Å². The Hall–Kier alpha value is -2.83. The number of alkyl halides is 2. The van der Waals surface area contributed by atoms with Gasteiger partial charge in [-0.3, -0.25) is 4.79 Å². The number of halogens is 2. The van der Waals surface area contributed by atoms with Crippen molar-refractivity contribution < 1.29 is 13.6 Å². The number of aliphatic imine (C=N–C) groups is 1. The molecule has 2 N–H and O–H groups in total. The van der Waals surface area contributed by atoms with Gasteiger partial charge >= 0.3 is 0 Å². The Labute approximate surface area is 144 Å². The molecule has 1 aromatic carbocycles. The van der Waals surface area contributed by atoms with Crippen molar-refractivity contribution in [3.8, 4) is 0 Å². The van der Waals surface area contributed by atoms with E-state index in [9.17, 15) is 13.6 Å². The summed E-state index contributed by atoms with van der Waals surface area (Å²) < 4.78 is 26.3. The third-order valence-corrected chi connectivity index (χ3v) is 4.11. The number of likely N-dealkylation sites (tertiary alicyclic amines) is 1. The van der Waals surface area contributed by atoms with E-state index in [-0.39, 0.29) is 31.8 Å². The number of benzene rings is 1. The second kappa shape index (κ2) is 6.96. The second-order valence-corrected chi connectivity index (χ2v) is 5.94. The molecule has 0 aliphatic carbocycles. The Morgan fingerprint density at radius 3 is 2.56 bits per heavy atom. The number of rotatable bonds is 3. The average molecular weight is 344 g/mol. The fourth-order valence-corrected chi connectivity index (χ4v) is 2.57. The second-order valence-electron chi connectivity index (χ2n) is 5.94. The summed E-state index contributed by atoms with van der Waals surface area (Å²) >= 11 is 0. The van der Waals surface area contributed by atoms with Gasteiger partial charge in [0.1, 0.15) is 0 Å². The molecule has 1 aromatic heterocycles. The molecule has 2 aromatic rings. The molecular formula is C18H18F2N4O. The summed E-state index contributed by atoms with van der Waals surface area (Å²) in [6.07, 6.45) is 2.42. The monoisotopic (exact) mass is 344 g/mol. The normalized spacial score (nSPS) is 17.0. The van der Waals surface area contributed by atoms with E-state index in [4.69, 9.17) is 5.73 Å². The van der Waals surface area contributed by atoms with E-state index in [0.717, 1.165) is 5.56 Å². The number of nitrogens with two attached hydrogens (primary N) is 1. The fourth-order valence-electron chi connectivity index (χ4n) is 2.57. The molecule has 3 rings (SSSR count). The van der Waals surface area contributed by atoms with Crippen LogP contribution in [0, 0.1) is 0 Å². The predicted octanol–water partition coefficient (Wildman–Crippen LogP) is 3.29. The smallest absolute Gasteiger partial charge is 0.255 e. The molecule has 0 bridgehead atoms. The van der Waals surface area contributed by atoms with Crippen LogP contribution in [0.25, 0.3) is 0 Å². The molecule has 1 amide bonds. The molecule has 0 spiro atoms. The van der Waals surface area contributed by atoms with Crippen molar-refractivity contribution in [2.24, 2.45) is 4.99 Å². The number of piperidine rings is 1. The van der Waals surface area contributed by atoms with Gasteiger partial charge in [0, 0.05) is 49.6 Å². The lowest BCUT2D eigenvalue weighted by molar-refractivity contribution is -0.0494. The largest absolute Gasteiger partial charge is 0.398 e. The average Bonchev–Trinajstić information content (AvgIpc) is 2.61. The number of pyridine rings is 1. The first-order chi connectivity index (χ1) is 11.9. The van der Waals surface area contributed by atoms with Crippen molar-refractivity contribution in [1.29, 1.82) is 0 Å². The Balaban J connectivity index is 1.66. The zero-order valence-corrected chi connectivity index (χ0v) is 13.5. The van der Waals surface area contributed by atoms with Gasteiger partial charge in [-0.25, -0.2) is 18.8 Å². The highest BCUT2D eigenvalue weighted by atomic mass is 19.3. The van der Waals surface area contributed by atoms with Crippen LogP contribution in [0.3, 0.4) is 0 Å². The predicted molar refractivity (Wildman–Crippen MR) is 92.4 cm³/mol. The van der Waals surface area contributed by atoms with Crippen molar-refractivity contribution in [1.82, 2.24) is 9.88 Å². The first kappa shape index (κ1) is 17.0. The molecule has 1 saturated heterocycles. The third kappa shape index (κ3) is 4.17. The van der Waals surface area contributed by atoms with Gasteiger partial charge in [-0.2, -0.15) is 0 Å². The van der Waals surface area contributed by atoms with Gasteiger partial charge in [-0.1, -0.05) is 18.2 Å². The standard InChI is InChI=1S/C18H18F2N4O/c19-18(20)7-9-24(10-8-18)17(25)14-5-6-16(23-12-14)22-11-13-3-1-2-4-15(13)21/h1-6,11-12H,7-10,21H2. The van der Waals surface area contributed by atoms with Crippen LogP contribution in [0.1, 0.15) is 28.8 Å². The maximum absolute atomic E-state index is 13.2. The Kier molecular flexibility index (Phi) is 4.74. The minimum Gasteiger partial charge on any atom is -0.398 e. The summed E-state index contributed by atoms with van der Waals surface area (Å²) in [6, 6.07) is 10.5. The van der Waals surface area contributed by atoms with E-state index < -0.39 is 5.92 Å². The molecule has 0 atom stereocenters. The summed E-state index contributed by atoms with van der Waals surface area (Å²) in [4.78, 5) is 22.1. The van der Waals surface area contributed by atoms with E-state index in [0.29, 0.717) is 17.1 Å². The van der Waals surface area contributed by atoms with Crippen molar-refractivity contribution in [3.63, 3.8) is 0 Å². The number of nitrogens with zero attached hydrogens (tertiary/aromatic N) is 3. The maximum Gasteiger partial charge on any atom is 0.255 e. The summed E-state index contributed by atoms with van der Waals surface area (Å²) in [5.74, 6) is -2.52. The molecule has 25 heavy (non-hydrogen) atoms. The third-order valence-electron chi connectivity index (χ3n) is 4.11. The van der Waals surface area contributed by atoms with Gasteiger partial charge in [0.15, 0.2) is 5.82 Å². The first-order valence-electron chi connectivity index (χ1n) is 7.96. The molecule has 0 saturated carbocycles. The summed E-state index contributed by atoms with van der Waals surface area (Å²) in [7, 11) is 0. The van der Waals surface area contributed by atoms with E-state index in [1.165, 1.54) is 11.1 Å². The minimum absolute atomic E-state index is 0.0546. The zero-order valence-electron chi connectivity index (χ0n) is 13.5. The number of nitrogen functional groups attached to an aromatic ring is 1. The highest BCUT2D eigenvalue weighted by Crippen LogP contribution is 2.28. The Bertz CT molecular complexity index is 780. The molecule has 0 radical (unpaired) electrons. The van der Waals surface area contributed by atoms with E-state index in [1.807, 2.05) is 18.2 Å². The molecule has 7 heteroatoms. The van der Waals surface area contributed by atoms with Crippen LogP contribution in [0.2, 0.25) is 0 Å². The number of aromatic nitrogens is 1. The highest BCUT2D eigenvalue weighted by Gasteiger charge is 2.35. The Morgan fingerprint density at radius 2 is 1.92 bits per heavy atom. The quantitative estimate of drug-likeness (QED) is 0.686. The number of anilines is 1. The topological polar surface area (TPSA) is 71.6 Å². The van der Waals surface area contributed by atoms with Crippen molar-refractivity contribution in [3.05, 3.63) is 53.7 Å². The molecular weight excluding hydrogens is 326 g/mol. The number of para-hydroxylation sites is 1. The molecule has 2 heterocycles. The van der Waals surface area contributed by atoms with Crippen LogP contribution < -0.4 is 5.73 Å². The lowest BCUT2D eigenvalue weighted by Gasteiger charge is -2.31. The van der Waals surface area contributed by atoms with E-state index >= 15 is 0 Å². The van der Waals surface area contributed by atoms with Crippen LogP contribution in [-0.4, -0.2) is 41.0 Å². The highest BCUT2D eigenvalue weighted by molar-refractivity contribution is 5.94. The van der Waals surface area contributed by atoms with Gasteiger partial charge in [-0.05, 0) is 18.2 Å². The summed E-state index contributed by atoms with van der Waals surface area (Å²) in [5.41, 5.74) is 7.59. The van der Waals surface area contributed by atoms with Gasteiger partial charge in [0.05, 0.1) is 5.56 Å². The number of carbonyl (C=O) groups is 1.